The quantitative estimate of drug-likeness (QED) is 0.318. The molecule has 0 bridgehead atoms. The van der Waals surface area contributed by atoms with Crippen LogP contribution < -0.4 is 14.8 Å². The summed E-state index contributed by atoms with van der Waals surface area (Å²) in [5.74, 6) is 0.960. The van der Waals surface area contributed by atoms with Crippen LogP contribution in [-0.2, 0) is 4.74 Å². The lowest BCUT2D eigenvalue weighted by atomic mass is 10.0. The van der Waals surface area contributed by atoms with Crippen LogP contribution in [0.25, 0.3) is 16.7 Å². The molecule has 2 atom stereocenters. The van der Waals surface area contributed by atoms with E-state index < -0.39 is 23.8 Å². The van der Waals surface area contributed by atoms with Gasteiger partial charge >= 0.3 is 0 Å². The topological polar surface area (TPSA) is 69.9 Å². The first-order valence-corrected chi connectivity index (χ1v) is 11.9. The molecule has 10 heteroatoms. The average molecular weight is 503 g/mol. The second-order valence-corrected chi connectivity index (χ2v) is 8.10. The van der Waals surface area contributed by atoms with E-state index in [-0.39, 0.29) is 11.7 Å². The third-order valence-electron chi connectivity index (χ3n) is 5.92. The summed E-state index contributed by atoms with van der Waals surface area (Å²) >= 11 is 0. The number of fused-ring (bicyclic) bond motifs is 3. The van der Waals surface area contributed by atoms with Crippen molar-refractivity contribution in [3.63, 3.8) is 0 Å². The zero-order valence-electron chi connectivity index (χ0n) is 20.6. The van der Waals surface area contributed by atoms with Gasteiger partial charge in [0.15, 0.2) is 11.5 Å². The summed E-state index contributed by atoms with van der Waals surface area (Å²) in [6.45, 7) is 6.81. The molecule has 0 aliphatic carbocycles. The van der Waals surface area contributed by atoms with Gasteiger partial charge in [0, 0.05) is 35.8 Å². The first kappa shape index (κ1) is 25.6. The molecule has 1 fully saturated rings. The van der Waals surface area contributed by atoms with Crippen molar-refractivity contribution in [3.8, 4) is 11.5 Å². The zero-order chi connectivity index (χ0) is 25.8. The number of aromatic nitrogens is 3. The Morgan fingerprint density at radius 3 is 2.64 bits per heavy atom. The Labute approximate surface area is 207 Å². The Kier molecular flexibility index (Phi) is 7.83. The molecule has 1 aliphatic heterocycles. The van der Waals surface area contributed by atoms with Crippen LogP contribution >= 0.6 is 0 Å². The van der Waals surface area contributed by atoms with Gasteiger partial charge in [-0.25, -0.2) is 18.2 Å². The van der Waals surface area contributed by atoms with E-state index in [4.69, 9.17) is 14.2 Å². The van der Waals surface area contributed by atoms with Gasteiger partial charge in [0.05, 0.1) is 37.4 Å². The maximum Gasteiger partial charge on any atom is 0.266 e. The molecule has 5 rings (SSSR count). The molecule has 0 amide bonds. The van der Waals surface area contributed by atoms with Crippen LogP contribution in [-0.4, -0.2) is 40.8 Å². The van der Waals surface area contributed by atoms with Gasteiger partial charge in [0.1, 0.15) is 17.7 Å². The van der Waals surface area contributed by atoms with Crippen LogP contribution in [0.3, 0.4) is 0 Å². The minimum absolute atomic E-state index is 0.0993. The van der Waals surface area contributed by atoms with Gasteiger partial charge in [0.2, 0.25) is 5.78 Å². The number of nitrogens with one attached hydrogen (secondary N) is 1. The zero-order valence-corrected chi connectivity index (χ0v) is 20.6. The van der Waals surface area contributed by atoms with Gasteiger partial charge in [-0.1, -0.05) is 32.0 Å². The molecular weight excluding hydrogens is 473 g/mol. The lowest BCUT2D eigenvalue weighted by Crippen LogP contribution is -2.16. The number of ether oxygens (including phenoxy) is 3. The highest BCUT2D eigenvalue weighted by Crippen LogP contribution is 2.38. The fourth-order valence-electron chi connectivity index (χ4n) is 4.17. The summed E-state index contributed by atoms with van der Waals surface area (Å²) < 4.78 is 60.1. The molecule has 2 unspecified atom stereocenters. The fraction of sp³-hybridized carbons (Fsp3) is 0.385. The van der Waals surface area contributed by atoms with Gasteiger partial charge in [0.25, 0.3) is 6.43 Å². The maximum atomic E-state index is 14.8. The van der Waals surface area contributed by atoms with Crippen LogP contribution in [0.5, 0.6) is 11.5 Å². The van der Waals surface area contributed by atoms with Crippen molar-refractivity contribution >= 4 is 22.5 Å². The molecule has 7 nitrogen and oxygen atoms in total. The molecular formula is C26H29F3N4O3. The molecule has 0 radical (unpaired) electrons. The Balaban J connectivity index is 0.00000148. The number of halogens is 3. The molecule has 36 heavy (non-hydrogen) atoms. The predicted molar refractivity (Wildman–Crippen MR) is 132 cm³/mol. The minimum atomic E-state index is -2.90. The third kappa shape index (κ3) is 4.90. The Morgan fingerprint density at radius 1 is 1.17 bits per heavy atom. The number of rotatable bonds is 7. The van der Waals surface area contributed by atoms with Crippen LogP contribution in [0.2, 0.25) is 0 Å². The second kappa shape index (κ2) is 11.0. The van der Waals surface area contributed by atoms with Crippen LogP contribution in [0, 0.1) is 5.82 Å². The van der Waals surface area contributed by atoms with E-state index in [1.165, 1.54) is 12.1 Å². The summed E-state index contributed by atoms with van der Waals surface area (Å²) in [5, 5.41) is 3.86. The molecule has 2 aromatic carbocycles. The Hall–Kier alpha value is -3.53. The summed E-state index contributed by atoms with van der Waals surface area (Å²) in [7, 11) is 1.56. The molecule has 1 N–H and O–H groups in total. The molecule has 1 saturated heterocycles. The number of hydrogen-bond donors (Lipinski definition) is 1. The van der Waals surface area contributed by atoms with Crippen molar-refractivity contribution in [3.05, 3.63) is 59.7 Å². The van der Waals surface area contributed by atoms with Crippen molar-refractivity contribution in [1.29, 1.82) is 0 Å². The van der Waals surface area contributed by atoms with Crippen molar-refractivity contribution in [2.75, 3.05) is 25.6 Å². The van der Waals surface area contributed by atoms with Gasteiger partial charge in [-0.05, 0) is 13.0 Å². The Morgan fingerprint density at radius 2 is 1.94 bits per heavy atom. The lowest BCUT2D eigenvalue weighted by Gasteiger charge is -2.20. The number of methoxy groups -OCH3 is 1. The van der Waals surface area contributed by atoms with Crippen molar-refractivity contribution in [1.82, 2.24) is 14.4 Å². The first-order chi connectivity index (χ1) is 17.5. The van der Waals surface area contributed by atoms with E-state index in [0.29, 0.717) is 41.7 Å². The summed E-state index contributed by atoms with van der Waals surface area (Å²) in [6.07, 6.45) is 1.15. The molecule has 1 aliphatic rings. The fourth-order valence-corrected chi connectivity index (χ4v) is 4.17. The molecule has 2 aromatic heterocycles. The van der Waals surface area contributed by atoms with Gasteiger partial charge in [-0.3, -0.25) is 4.40 Å². The normalized spacial score (nSPS) is 16.2. The van der Waals surface area contributed by atoms with E-state index in [0.717, 1.165) is 18.0 Å². The minimum Gasteiger partial charge on any atom is -0.493 e. The van der Waals surface area contributed by atoms with Crippen molar-refractivity contribution in [2.24, 2.45) is 0 Å². The van der Waals surface area contributed by atoms with E-state index in [9.17, 15) is 13.2 Å². The van der Waals surface area contributed by atoms with Crippen molar-refractivity contribution in [2.45, 2.75) is 45.8 Å². The lowest BCUT2D eigenvalue weighted by molar-refractivity contribution is 0.139. The number of nitrogens with zero attached hydrogens (tertiary/aromatic N) is 3. The van der Waals surface area contributed by atoms with Gasteiger partial charge in [-0.2, -0.15) is 4.98 Å². The van der Waals surface area contributed by atoms with E-state index >= 15 is 0 Å². The highest BCUT2D eigenvalue weighted by molar-refractivity contribution is 5.93. The number of imidazole rings is 1. The highest BCUT2D eigenvalue weighted by atomic mass is 19.3. The van der Waals surface area contributed by atoms with Crippen LogP contribution in [0.1, 0.15) is 50.8 Å². The number of benzene rings is 2. The third-order valence-corrected chi connectivity index (χ3v) is 5.92. The molecule has 4 aromatic rings. The van der Waals surface area contributed by atoms with Crippen LogP contribution in [0.15, 0.2) is 42.7 Å². The smallest absolute Gasteiger partial charge is 0.266 e. The SMILES string of the molecule is CC.COc1cc2c(cc1OC1CCOC1)c(NC(C)c1cccc(C(F)F)c1F)nc1nccn12. The molecule has 0 saturated carbocycles. The van der Waals surface area contributed by atoms with Gasteiger partial charge in [-0.15, -0.1) is 0 Å². The summed E-state index contributed by atoms with van der Waals surface area (Å²) in [4.78, 5) is 8.87. The highest BCUT2D eigenvalue weighted by Gasteiger charge is 2.23. The summed E-state index contributed by atoms with van der Waals surface area (Å²) in [6, 6.07) is 6.96. The monoisotopic (exact) mass is 502 g/mol. The maximum absolute atomic E-state index is 14.8. The van der Waals surface area contributed by atoms with Crippen LogP contribution in [0.4, 0.5) is 19.0 Å². The Bertz CT molecular complexity index is 1340. The van der Waals surface area contributed by atoms with Gasteiger partial charge < -0.3 is 19.5 Å². The number of anilines is 1. The molecule has 192 valence electrons. The first-order valence-electron chi connectivity index (χ1n) is 11.9. The van der Waals surface area contributed by atoms with E-state index in [1.54, 1.807) is 36.9 Å². The second-order valence-electron chi connectivity index (χ2n) is 8.10. The predicted octanol–water partition coefficient (Wildman–Crippen LogP) is 6.33. The molecule has 0 spiro atoms. The molecule has 3 heterocycles. The summed E-state index contributed by atoms with van der Waals surface area (Å²) in [5.41, 5.74) is 0.224. The average Bonchev–Trinajstić information content (AvgIpc) is 3.57. The number of hydrogen-bond acceptors (Lipinski definition) is 6. The standard InChI is InChI=1S/C24H23F3N4O3.C2H6/c1-13(15-4-3-5-16(21(15)25)22(26)27)29-23-17-10-20(34-14-6-9-33-12-14)19(32-2)11-18(17)31-8-7-28-24(31)30-23;1-2/h3-5,7-8,10-11,13-14,22H,6,9,12H2,1-2H3,(H,28,29,30);1-2H3. The number of alkyl halides is 2. The van der Waals surface area contributed by atoms with Crippen molar-refractivity contribution < 1.29 is 27.4 Å². The van der Waals surface area contributed by atoms with E-state index in [2.05, 4.69) is 15.3 Å². The van der Waals surface area contributed by atoms with E-state index in [1.807, 2.05) is 19.9 Å². The largest absolute Gasteiger partial charge is 0.493 e.